The van der Waals surface area contributed by atoms with Crippen LogP contribution in [-0.4, -0.2) is 5.75 Å². The third-order valence-electron chi connectivity index (χ3n) is 2.06. The molecule has 2 N–H and O–H groups in total. The molecule has 0 fully saturated rings. The lowest BCUT2D eigenvalue weighted by Gasteiger charge is -2.21. The van der Waals surface area contributed by atoms with Crippen LogP contribution in [-0.2, 0) is 0 Å². The number of thioether (sulfide) groups is 1. The Hall–Kier alpha value is -0.180. The van der Waals surface area contributed by atoms with E-state index < -0.39 is 0 Å². The van der Waals surface area contributed by atoms with Gasteiger partial charge in [0.1, 0.15) is 0 Å². The highest BCUT2D eigenvalue weighted by Crippen LogP contribution is 2.35. The third-order valence-corrected chi connectivity index (χ3v) is 3.42. The van der Waals surface area contributed by atoms with E-state index in [1.807, 2.05) is 23.9 Å². The fourth-order valence-corrected chi connectivity index (χ4v) is 2.71. The van der Waals surface area contributed by atoms with Gasteiger partial charge in [0.05, 0.1) is 0 Å². The van der Waals surface area contributed by atoms with Crippen molar-refractivity contribution < 1.29 is 0 Å². The standard InChI is InChI=1S/C9H10ClNS/c10-6-1-2-9-7(5-6)8(11)3-4-12-9/h1-2,5,8H,3-4,11H2. The molecule has 2 rings (SSSR count). The molecule has 3 heteroatoms. The van der Waals surface area contributed by atoms with Crippen molar-refractivity contribution in [2.45, 2.75) is 17.4 Å². The van der Waals surface area contributed by atoms with E-state index in [2.05, 4.69) is 6.07 Å². The van der Waals surface area contributed by atoms with E-state index in [1.165, 1.54) is 10.5 Å². The van der Waals surface area contributed by atoms with Crippen LogP contribution in [0, 0.1) is 0 Å². The number of benzene rings is 1. The van der Waals surface area contributed by atoms with Gasteiger partial charge in [-0.3, -0.25) is 0 Å². The number of halogens is 1. The van der Waals surface area contributed by atoms with Crippen molar-refractivity contribution in [3.05, 3.63) is 28.8 Å². The smallest absolute Gasteiger partial charge is 0.0410 e. The zero-order chi connectivity index (χ0) is 8.55. The van der Waals surface area contributed by atoms with Gasteiger partial charge in [-0.15, -0.1) is 11.8 Å². The van der Waals surface area contributed by atoms with Gasteiger partial charge in [0.25, 0.3) is 0 Å². The summed E-state index contributed by atoms with van der Waals surface area (Å²) in [4.78, 5) is 1.29. The summed E-state index contributed by atoms with van der Waals surface area (Å²) in [5.74, 6) is 1.12. The summed E-state index contributed by atoms with van der Waals surface area (Å²) in [5, 5.41) is 0.784. The first-order valence-electron chi connectivity index (χ1n) is 3.95. The van der Waals surface area contributed by atoms with Crippen molar-refractivity contribution in [1.29, 1.82) is 0 Å². The predicted octanol–water partition coefficient (Wildman–Crippen LogP) is 2.84. The Bertz CT molecular complexity index is 301. The molecule has 0 saturated carbocycles. The molecule has 0 aromatic heterocycles. The first-order valence-corrected chi connectivity index (χ1v) is 5.31. The summed E-state index contributed by atoms with van der Waals surface area (Å²) in [6.07, 6.45) is 1.05. The van der Waals surface area contributed by atoms with Crippen LogP contribution >= 0.6 is 23.4 Å². The number of fused-ring (bicyclic) bond motifs is 1. The minimum Gasteiger partial charge on any atom is -0.324 e. The monoisotopic (exact) mass is 199 g/mol. The minimum absolute atomic E-state index is 0.181. The van der Waals surface area contributed by atoms with Crippen LogP contribution in [0.15, 0.2) is 23.1 Å². The Morgan fingerprint density at radius 3 is 3.17 bits per heavy atom. The van der Waals surface area contributed by atoms with E-state index in [0.717, 1.165) is 17.2 Å². The van der Waals surface area contributed by atoms with Crippen LogP contribution < -0.4 is 5.73 Å². The SMILES string of the molecule is NC1CCSc2ccc(Cl)cc21. The maximum atomic E-state index is 5.94. The highest BCUT2D eigenvalue weighted by Gasteiger charge is 2.16. The second kappa shape index (κ2) is 3.29. The molecule has 0 aliphatic carbocycles. The van der Waals surface area contributed by atoms with Gasteiger partial charge < -0.3 is 5.73 Å². The van der Waals surface area contributed by atoms with E-state index >= 15 is 0 Å². The summed E-state index contributed by atoms with van der Waals surface area (Å²) >= 11 is 7.74. The lowest BCUT2D eigenvalue weighted by molar-refractivity contribution is 0.680. The highest BCUT2D eigenvalue weighted by molar-refractivity contribution is 7.99. The Labute approximate surface area is 81.3 Å². The maximum Gasteiger partial charge on any atom is 0.0410 e. The van der Waals surface area contributed by atoms with Crippen LogP contribution in [0.1, 0.15) is 18.0 Å². The van der Waals surface area contributed by atoms with Crippen molar-refractivity contribution in [1.82, 2.24) is 0 Å². The normalized spacial score (nSPS) is 22.0. The average Bonchev–Trinajstić information content (AvgIpc) is 2.07. The summed E-state index contributed by atoms with van der Waals surface area (Å²) in [7, 11) is 0. The number of hydrogen-bond donors (Lipinski definition) is 1. The predicted molar refractivity (Wildman–Crippen MR) is 53.7 cm³/mol. The zero-order valence-corrected chi connectivity index (χ0v) is 8.16. The van der Waals surface area contributed by atoms with Crippen LogP contribution in [0.4, 0.5) is 0 Å². The molecule has 1 aliphatic heterocycles. The van der Waals surface area contributed by atoms with Crippen LogP contribution in [0.2, 0.25) is 5.02 Å². The maximum absolute atomic E-state index is 5.94. The number of hydrogen-bond acceptors (Lipinski definition) is 2. The molecule has 0 spiro atoms. The zero-order valence-electron chi connectivity index (χ0n) is 6.59. The van der Waals surface area contributed by atoms with Gasteiger partial charge in [0.15, 0.2) is 0 Å². The topological polar surface area (TPSA) is 26.0 Å². The summed E-state index contributed by atoms with van der Waals surface area (Å²) in [6.45, 7) is 0. The van der Waals surface area contributed by atoms with E-state index in [1.54, 1.807) is 0 Å². The van der Waals surface area contributed by atoms with Gasteiger partial charge in [-0.25, -0.2) is 0 Å². The van der Waals surface area contributed by atoms with Crippen molar-refractivity contribution >= 4 is 23.4 Å². The molecule has 1 unspecified atom stereocenters. The molecule has 1 aromatic carbocycles. The molecule has 1 aromatic rings. The van der Waals surface area contributed by atoms with Gasteiger partial charge >= 0.3 is 0 Å². The molecular weight excluding hydrogens is 190 g/mol. The highest BCUT2D eigenvalue weighted by atomic mass is 35.5. The second-order valence-electron chi connectivity index (χ2n) is 2.93. The van der Waals surface area contributed by atoms with Crippen molar-refractivity contribution in [2.24, 2.45) is 5.73 Å². The number of rotatable bonds is 0. The summed E-state index contributed by atoms with van der Waals surface area (Å²) < 4.78 is 0. The van der Waals surface area contributed by atoms with Gasteiger partial charge in [0, 0.05) is 16.0 Å². The molecular formula is C9H10ClNS. The third kappa shape index (κ3) is 1.47. The van der Waals surface area contributed by atoms with E-state index in [0.29, 0.717) is 0 Å². The largest absolute Gasteiger partial charge is 0.324 e. The van der Waals surface area contributed by atoms with Gasteiger partial charge in [-0.2, -0.15) is 0 Å². The van der Waals surface area contributed by atoms with Gasteiger partial charge in [-0.05, 0) is 35.9 Å². The quantitative estimate of drug-likeness (QED) is 0.696. The Balaban J connectivity index is 2.47. The first-order chi connectivity index (χ1) is 5.77. The van der Waals surface area contributed by atoms with Gasteiger partial charge in [-0.1, -0.05) is 11.6 Å². The second-order valence-corrected chi connectivity index (χ2v) is 4.50. The van der Waals surface area contributed by atoms with Crippen molar-refractivity contribution in [3.63, 3.8) is 0 Å². The molecule has 0 saturated heterocycles. The van der Waals surface area contributed by atoms with Crippen molar-refractivity contribution in [3.8, 4) is 0 Å². The molecule has 1 nitrogen and oxygen atoms in total. The molecule has 1 heterocycles. The lowest BCUT2D eigenvalue weighted by Crippen LogP contribution is -2.15. The Morgan fingerprint density at radius 2 is 2.33 bits per heavy atom. The molecule has 1 aliphatic rings. The van der Waals surface area contributed by atoms with Crippen LogP contribution in [0.25, 0.3) is 0 Å². The van der Waals surface area contributed by atoms with Crippen molar-refractivity contribution in [2.75, 3.05) is 5.75 Å². The lowest BCUT2D eigenvalue weighted by atomic mass is 10.1. The minimum atomic E-state index is 0.181. The Kier molecular flexibility index (Phi) is 2.31. The fourth-order valence-electron chi connectivity index (χ4n) is 1.39. The van der Waals surface area contributed by atoms with E-state index in [4.69, 9.17) is 17.3 Å². The van der Waals surface area contributed by atoms with Gasteiger partial charge in [0.2, 0.25) is 0 Å². The van der Waals surface area contributed by atoms with Crippen LogP contribution in [0.5, 0.6) is 0 Å². The molecule has 0 amide bonds. The fraction of sp³-hybridized carbons (Fsp3) is 0.333. The summed E-state index contributed by atoms with van der Waals surface area (Å²) in [6, 6.07) is 6.14. The summed E-state index contributed by atoms with van der Waals surface area (Å²) in [5.41, 5.74) is 7.15. The molecule has 1 atom stereocenters. The number of nitrogens with two attached hydrogens (primary N) is 1. The molecule has 0 bridgehead atoms. The molecule has 0 radical (unpaired) electrons. The molecule has 12 heavy (non-hydrogen) atoms. The average molecular weight is 200 g/mol. The van der Waals surface area contributed by atoms with E-state index in [-0.39, 0.29) is 6.04 Å². The molecule has 64 valence electrons. The Morgan fingerprint density at radius 1 is 1.50 bits per heavy atom. The van der Waals surface area contributed by atoms with Crippen LogP contribution in [0.3, 0.4) is 0 Å². The van der Waals surface area contributed by atoms with E-state index in [9.17, 15) is 0 Å². The first kappa shape index (κ1) is 8.42.